The Labute approximate surface area is 137 Å². The van der Waals surface area contributed by atoms with Crippen LogP contribution in [0, 0.1) is 0 Å². The Morgan fingerprint density at radius 3 is 2.29 bits per heavy atom. The van der Waals surface area contributed by atoms with Gasteiger partial charge in [-0.15, -0.1) is 5.10 Å². The van der Waals surface area contributed by atoms with Crippen molar-refractivity contribution in [3.8, 4) is 5.69 Å². The van der Waals surface area contributed by atoms with Crippen molar-refractivity contribution >= 4 is 11.6 Å². The lowest BCUT2D eigenvalue weighted by molar-refractivity contribution is 0.0979. The molecule has 1 heterocycles. The Balaban J connectivity index is 1.85. The second-order valence-electron chi connectivity index (χ2n) is 5.61. The van der Waals surface area contributed by atoms with Crippen LogP contribution in [0.15, 0.2) is 48.7 Å². The number of fused-ring (bicyclic) bond motifs is 2. The molecule has 0 saturated carbocycles. The number of ketones is 2. The van der Waals surface area contributed by atoms with E-state index in [1.807, 2.05) is 0 Å². The van der Waals surface area contributed by atoms with Crippen molar-refractivity contribution in [3.63, 3.8) is 0 Å². The van der Waals surface area contributed by atoms with E-state index in [0.717, 1.165) is 5.69 Å². The maximum absolute atomic E-state index is 12.8. The molecule has 24 heavy (non-hydrogen) atoms. The van der Waals surface area contributed by atoms with Crippen molar-refractivity contribution in [1.82, 2.24) is 15.0 Å². The highest BCUT2D eigenvalue weighted by Gasteiger charge is 2.29. The topological polar surface area (TPSA) is 90.9 Å². The number of hydrogen-bond donors (Lipinski definition) is 1. The van der Waals surface area contributed by atoms with Gasteiger partial charge in [-0.25, -0.2) is 4.68 Å². The van der Waals surface area contributed by atoms with Crippen molar-refractivity contribution in [1.29, 1.82) is 0 Å². The van der Waals surface area contributed by atoms with Gasteiger partial charge >= 0.3 is 0 Å². The van der Waals surface area contributed by atoms with Crippen molar-refractivity contribution in [3.05, 3.63) is 76.6 Å². The third-order valence-corrected chi connectivity index (χ3v) is 4.17. The predicted molar refractivity (Wildman–Crippen MR) is 87.4 cm³/mol. The number of benzene rings is 2. The highest BCUT2D eigenvalue weighted by Crippen LogP contribution is 2.28. The summed E-state index contributed by atoms with van der Waals surface area (Å²) in [4.78, 5) is 25.4. The summed E-state index contributed by atoms with van der Waals surface area (Å²) < 4.78 is 1.64. The van der Waals surface area contributed by atoms with Crippen molar-refractivity contribution < 1.29 is 9.59 Å². The van der Waals surface area contributed by atoms with Crippen LogP contribution in [-0.2, 0) is 6.42 Å². The summed E-state index contributed by atoms with van der Waals surface area (Å²) in [6.07, 6.45) is 2.27. The van der Waals surface area contributed by atoms with Crippen molar-refractivity contribution in [2.24, 2.45) is 5.73 Å². The molecule has 1 aliphatic rings. The largest absolute Gasteiger partial charge is 0.330 e. The van der Waals surface area contributed by atoms with Crippen molar-refractivity contribution in [2.75, 3.05) is 6.54 Å². The maximum atomic E-state index is 12.8. The van der Waals surface area contributed by atoms with E-state index in [1.54, 1.807) is 53.3 Å². The lowest BCUT2D eigenvalue weighted by Crippen LogP contribution is -2.21. The molecule has 6 heteroatoms. The summed E-state index contributed by atoms with van der Waals surface area (Å²) in [7, 11) is 0. The predicted octanol–water partition coefficient (Wildman–Crippen LogP) is 1.54. The molecule has 2 N–H and O–H groups in total. The first-order chi connectivity index (χ1) is 11.7. The molecule has 1 aromatic heterocycles. The third-order valence-electron chi connectivity index (χ3n) is 4.17. The van der Waals surface area contributed by atoms with Crippen LogP contribution in [0.3, 0.4) is 0 Å². The number of carbonyl (C=O) groups is 2. The number of hydrogen-bond acceptors (Lipinski definition) is 5. The fourth-order valence-electron chi connectivity index (χ4n) is 3.01. The first-order valence-electron chi connectivity index (χ1n) is 7.63. The standard InChI is InChI=1S/C18H14N4O2/c19-8-7-12-10-20-21-22(12)11-5-6-15-16(9-11)18(24)14-4-2-1-3-13(14)17(15)23/h1-6,9-10H,7-8,19H2. The molecule has 0 fully saturated rings. The molecule has 4 rings (SSSR count). The second-order valence-corrected chi connectivity index (χ2v) is 5.61. The van der Waals surface area contributed by atoms with Gasteiger partial charge in [-0.1, -0.05) is 29.5 Å². The average Bonchev–Trinajstić information content (AvgIpc) is 3.08. The van der Waals surface area contributed by atoms with Crippen LogP contribution >= 0.6 is 0 Å². The zero-order valence-electron chi connectivity index (χ0n) is 12.8. The molecule has 6 nitrogen and oxygen atoms in total. The Hall–Kier alpha value is -3.12. The molecule has 3 aromatic rings. The molecule has 0 radical (unpaired) electrons. The van der Waals surface area contributed by atoms with E-state index in [2.05, 4.69) is 10.3 Å². The Bertz CT molecular complexity index is 975. The van der Waals surface area contributed by atoms with Crippen LogP contribution in [0.4, 0.5) is 0 Å². The monoisotopic (exact) mass is 318 g/mol. The quantitative estimate of drug-likeness (QED) is 0.619. The Morgan fingerprint density at radius 2 is 1.58 bits per heavy atom. The SMILES string of the molecule is NCCc1cnnn1-c1ccc2c(c1)C(=O)c1ccccc1C2=O. The number of nitrogens with zero attached hydrogens (tertiary/aromatic N) is 3. The molecule has 0 spiro atoms. The van der Waals surface area contributed by atoms with Crippen LogP contribution in [0.5, 0.6) is 0 Å². The van der Waals surface area contributed by atoms with Gasteiger partial charge in [-0.2, -0.15) is 0 Å². The van der Waals surface area contributed by atoms with E-state index in [0.29, 0.717) is 40.9 Å². The Kier molecular flexibility index (Phi) is 3.32. The molecule has 0 amide bonds. The van der Waals surface area contributed by atoms with Gasteiger partial charge in [0.2, 0.25) is 0 Å². The fourth-order valence-corrected chi connectivity index (χ4v) is 3.01. The zero-order chi connectivity index (χ0) is 16.7. The zero-order valence-corrected chi connectivity index (χ0v) is 12.8. The van der Waals surface area contributed by atoms with Gasteiger partial charge in [-0.05, 0) is 24.7 Å². The number of nitrogens with two attached hydrogens (primary N) is 1. The summed E-state index contributed by atoms with van der Waals surface area (Å²) in [6, 6.07) is 12.0. The molecular formula is C18H14N4O2. The van der Waals surface area contributed by atoms with Gasteiger partial charge in [-0.3, -0.25) is 9.59 Å². The highest BCUT2D eigenvalue weighted by molar-refractivity contribution is 6.28. The van der Waals surface area contributed by atoms with E-state index in [4.69, 9.17) is 5.73 Å². The Morgan fingerprint density at radius 1 is 0.917 bits per heavy atom. The summed E-state index contributed by atoms with van der Waals surface area (Å²) >= 11 is 0. The molecular weight excluding hydrogens is 304 g/mol. The minimum absolute atomic E-state index is 0.132. The average molecular weight is 318 g/mol. The fraction of sp³-hybridized carbons (Fsp3) is 0.111. The van der Waals surface area contributed by atoms with E-state index < -0.39 is 0 Å². The van der Waals surface area contributed by atoms with Crippen LogP contribution < -0.4 is 5.73 Å². The minimum Gasteiger partial charge on any atom is -0.330 e. The highest BCUT2D eigenvalue weighted by atomic mass is 16.1. The molecule has 118 valence electrons. The van der Waals surface area contributed by atoms with Gasteiger partial charge in [0.1, 0.15) is 0 Å². The summed E-state index contributed by atoms with van der Waals surface area (Å²) in [5.41, 5.74) is 8.85. The molecule has 0 unspecified atom stereocenters. The minimum atomic E-state index is -0.150. The van der Waals surface area contributed by atoms with E-state index >= 15 is 0 Å². The third kappa shape index (κ3) is 2.08. The van der Waals surface area contributed by atoms with E-state index in [-0.39, 0.29) is 11.6 Å². The van der Waals surface area contributed by atoms with Crippen LogP contribution in [0.1, 0.15) is 37.5 Å². The molecule has 0 aliphatic heterocycles. The normalized spacial score (nSPS) is 12.9. The molecule has 0 saturated heterocycles. The smallest absolute Gasteiger partial charge is 0.194 e. The molecule has 1 aliphatic carbocycles. The van der Waals surface area contributed by atoms with Gasteiger partial charge in [0.05, 0.1) is 17.6 Å². The number of carbonyl (C=O) groups excluding carboxylic acids is 2. The van der Waals surface area contributed by atoms with E-state index in [1.165, 1.54) is 0 Å². The van der Waals surface area contributed by atoms with Gasteiger partial charge < -0.3 is 5.73 Å². The number of aromatic nitrogens is 3. The summed E-state index contributed by atoms with van der Waals surface area (Å²) in [5, 5.41) is 7.96. The molecule has 0 atom stereocenters. The first kappa shape index (κ1) is 14.5. The van der Waals surface area contributed by atoms with Crippen LogP contribution in [0.25, 0.3) is 5.69 Å². The van der Waals surface area contributed by atoms with Gasteiger partial charge in [0.25, 0.3) is 0 Å². The molecule has 0 bridgehead atoms. The van der Waals surface area contributed by atoms with Gasteiger partial charge in [0, 0.05) is 28.7 Å². The second kappa shape index (κ2) is 5.50. The van der Waals surface area contributed by atoms with E-state index in [9.17, 15) is 9.59 Å². The first-order valence-corrected chi connectivity index (χ1v) is 7.63. The van der Waals surface area contributed by atoms with Crippen LogP contribution in [-0.4, -0.2) is 33.1 Å². The van der Waals surface area contributed by atoms with Crippen molar-refractivity contribution in [2.45, 2.75) is 6.42 Å². The lowest BCUT2D eigenvalue weighted by atomic mass is 9.84. The van der Waals surface area contributed by atoms with Gasteiger partial charge in [0.15, 0.2) is 11.6 Å². The lowest BCUT2D eigenvalue weighted by Gasteiger charge is -2.18. The number of rotatable bonds is 3. The summed E-state index contributed by atoms with van der Waals surface area (Å²) in [6.45, 7) is 0.475. The maximum Gasteiger partial charge on any atom is 0.194 e. The summed E-state index contributed by atoms with van der Waals surface area (Å²) in [5.74, 6) is -0.282. The molecule has 2 aromatic carbocycles. The van der Waals surface area contributed by atoms with Crippen LogP contribution in [0.2, 0.25) is 0 Å².